The highest BCUT2D eigenvalue weighted by atomic mass is 32.2. The van der Waals surface area contributed by atoms with Crippen molar-refractivity contribution in [3.63, 3.8) is 0 Å². The van der Waals surface area contributed by atoms with E-state index in [1.807, 2.05) is 11.8 Å². The van der Waals surface area contributed by atoms with Crippen molar-refractivity contribution in [1.29, 1.82) is 0 Å². The minimum absolute atomic E-state index is 0.686. The third kappa shape index (κ3) is 5.23. The molecular weight excluding hydrogens is 192 g/mol. The van der Waals surface area contributed by atoms with Crippen LogP contribution in [0.5, 0.6) is 0 Å². The lowest BCUT2D eigenvalue weighted by Gasteiger charge is -2.21. The molecule has 0 aromatic rings. The van der Waals surface area contributed by atoms with Gasteiger partial charge in [0.2, 0.25) is 0 Å². The van der Waals surface area contributed by atoms with E-state index < -0.39 is 0 Å². The van der Waals surface area contributed by atoms with Gasteiger partial charge in [-0.05, 0) is 57.7 Å². The van der Waals surface area contributed by atoms with Crippen molar-refractivity contribution in [2.24, 2.45) is 0 Å². The maximum Gasteiger partial charge on any atom is 0.00820 e. The minimum Gasteiger partial charge on any atom is -0.317 e. The zero-order chi connectivity index (χ0) is 10.2. The minimum atomic E-state index is 0.686. The molecule has 2 unspecified atom stereocenters. The van der Waals surface area contributed by atoms with Gasteiger partial charge in [0, 0.05) is 12.1 Å². The molecule has 0 aromatic carbocycles. The van der Waals surface area contributed by atoms with E-state index in [9.17, 15) is 0 Å². The van der Waals surface area contributed by atoms with Crippen LogP contribution in [0.4, 0.5) is 0 Å². The summed E-state index contributed by atoms with van der Waals surface area (Å²) in [7, 11) is 0. The van der Waals surface area contributed by atoms with Gasteiger partial charge in [-0.3, -0.25) is 0 Å². The van der Waals surface area contributed by atoms with Gasteiger partial charge in [-0.25, -0.2) is 0 Å². The van der Waals surface area contributed by atoms with Gasteiger partial charge >= 0.3 is 0 Å². The molecule has 0 saturated carbocycles. The topological polar surface area (TPSA) is 24.1 Å². The second kappa shape index (κ2) is 7.55. The van der Waals surface area contributed by atoms with Crippen molar-refractivity contribution in [3.8, 4) is 0 Å². The lowest BCUT2D eigenvalue weighted by Crippen LogP contribution is -2.37. The maximum absolute atomic E-state index is 3.74. The molecule has 1 saturated heterocycles. The smallest absolute Gasteiger partial charge is 0.00820 e. The molecular formula is C11H24N2S. The third-order valence-corrected chi connectivity index (χ3v) is 3.49. The average molecular weight is 216 g/mol. The zero-order valence-corrected chi connectivity index (χ0v) is 10.3. The first kappa shape index (κ1) is 12.3. The quantitative estimate of drug-likeness (QED) is 0.733. The maximum atomic E-state index is 3.74. The van der Waals surface area contributed by atoms with E-state index in [1.165, 1.54) is 44.5 Å². The van der Waals surface area contributed by atoms with Crippen LogP contribution in [0.3, 0.4) is 0 Å². The van der Waals surface area contributed by atoms with Crippen LogP contribution in [0, 0.1) is 0 Å². The molecule has 2 nitrogen and oxygen atoms in total. The summed E-state index contributed by atoms with van der Waals surface area (Å²) >= 11 is 1.94. The van der Waals surface area contributed by atoms with Crippen LogP contribution in [-0.2, 0) is 0 Å². The third-order valence-electron chi connectivity index (χ3n) is 2.85. The monoisotopic (exact) mass is 216 g/mol. The molecule has 0 aromatic heterocycles. The molecule has 1 fully saturated rings. The van der Waals surface area contributed by atoms with Crippen LogP contribution in [0.1, 0.15) is 32.6 Å². The zero-order valence-electron chi connectivity index (χ0n) is 9.51. The summed E-state index contributed by atoms with van der Waals surface area (Å²) in [5.41, 5.74) is 0. The predicted molar refractivity (Wildman–Crippen MR) is 66.1 cm³/mol. The van der Waals surface area contributed by atoms with E-state index >= 15 is 0 Å². The summed E-state index contributed by atoms with van der Waals surface area (Å²) in [4.78, 5) is 0. The summed E-state index contributed by atoms with van der Waals surface area (Å²) in [5, 5.41) is 7.19. The summed E-state index contributed by atoms with van der Waals surface area (Å²) < 4.78 is 0. The van der Waals surface area contributed by atoms with Crippen molar-refractivity contribution >= 4 is 11.8 Å². The first-order valence-electron chi connectivity index (χ1n) is 5.78. The van der Waals surface area contributed by atoms with Crippen LogP contribution in [0.25, 0.3) is 0 Å². The molecule has 2 N–H and O–H groups in total. The Labute approximate surface area is 92.6 Å². The molecule has 1 aliphatic rings. The summed E-state index contributed by atoms with van der Waals surface area (Å²) in [6, 6.07) is 1.44. The van der Waals surface area contributed by atoms with Gasteiger partial charge in [0.25, 0.3) is 0 Å². The second-order valence-electron chi connectivity index (χ2n) is 4.23. The Morgan fingerprint density at radius 1 is 1.43 bits per heavy atom. The molecule has 0 aliphatic carbocycles. The second-order valence-corrected chi connectivity index (χ2v) is 5.21. The Kier molecular flexibility index (Phi) is 6.65. The summed E-state index contributed by atoms with van der Waals surface area (Å²) in [6.45, 7) is 4.71. The molecule has 0 bridgehead atoms. The predicted octanol–water partition coefficient (Wildman–Crippen LogP) is 1.86. The number of hydrogen-bond donors (Lipinski definition) is 2. The summed E-state index contributed by atoms with van der Waals surface area (Å²) in [5.74, 6) is 1.28. The first-order valence-corrected chi connectivity index (χ1v) is 7.18. The van der Waals surface area contributed by atoms with Crippen LogP contribution in [-0.4, -0.2) is 37.2 Å². The van der Waals surface area contributed by atoms with E-state index in [4.69, 9.17) is 0 Å². The van der Waals surface area contributed by atoms with Crippen molar-refractivity contribution in [2.45, 2.75) is 44.7 Å². The summed E-state index contributed by atoms with van der Waals surface area (Å²) in [6.07, 6.45) is 7.44. The largest absolute Gasteiger partial charge is 0.317 e. The number of hydrogen-bond acceptors (Lipinski definition) is 3. The number of thioether (sulfide) groups is 1. The van der Waals surface area contributed by atoms with Gasteiger partial charge in [0.1, 0.15) is 0 Å². The van der Waals surface area contributed by atoms with Gasteiger partial charge < -0.3 is 10.6 Å². The highest BCUT2D eigenvalue weighted by Gasteiger charge is 2.13. The molecule has 0 amide bonds. The highest BCUT2D eigenvalue weighted by Crippen LogP contribution is 2.08. The van der Waals surface area contributed by atoms with E-state index in [0.29, 0.717) is 6.04 Å². The molecule has 14 heavy (non-hydrogen) atoms. The van der Waals surface area contributed by atoms with E-state index in [2.05, 4.69) is 23.8 Å². The van der Waals surface area contributed by atoms with Gasteiger partial charge in [-0.1, -0.05) is 0 Å². The Hall–Kier alpha value is 0.270. The molecule has 1 heterocycles. The van der Waals surface area contributed by atoms with Crippen LogP contribution in [0.15, 0.2) is 0 Å². The molecule has 2 atom stereocenters. The Morgan fingerprint density at radius 3 is 3.07 bits per heavy atom. The van der Waals surface area contributed by atoms with Crippen LogP contribution < -0.4 is 10.6 Å². The molecule has 0 spiro atoms. The molecule has 1 aliphatic heterocycles. The molecule has 3 heteroatoms. The van der Waals surface area contributed by atoms with Gasteiger partial charge in [0.15, 0.2) is 0 Å². The SMILES string of the molecule is CSCCC(C)NC1CCCNCC1. The molecule has 1 rings (SSSR count). The molecule has 84 valence electrons. The Morgan fingerprint density at radius 2 is 2.29 bits per heavy atom. The van der Waals surface area contributed by atoms with Crippen molar-refractivity contribution < 1.29 is 0 Å². The van der Waals surface area contributed by atoms with E-state index in [0.717, 1.165) is 6.04 Å². The Bertz CT molecular complexity index is 133. The lowest BCUT2D eigenvalue weighted by atomic mass is 10.1. The van der Waals surface area contributed by atoms with Crippen molar-refractivity contribution in [2.75, 3.05) is 25.1 Å². The van der Waals surface area contributed by atoms with Crippen LogP contribution in [0.2, 0.25) is 0 Å². The first-order chi connectivity index (χ1) is 6.83. The van der Waals surface area contributed by atoms with Gasteiger partial charge in [0.05, 0.1) is 0 Å². The normalized spacial score (nSPS) is 25.7. The standard InChI is InChI=1S/C11H24N2S/c1-10(6-9-14-2)13-11-4-3-7-12-8-5-11/h10-13H,3-9H2,1-2H3. The fourth-order valence-electron chi connectivity index (χ4n) is 1.97. The Balaban J connectivity index is 2.13. The highest BCUT2D eigenvalue weighted by molar-refractivity contribution is 7.98. The van der Waals surface area contributed by atoms with Gasteiger partial charge in [-0.15, -0.1) is 0 Å². The van der Waals surface area contributed by atoms with E-state index in [1.54, 1.807) is 0 Å². The average Bonchev–Trinajstić information content (AvgIpc) is 2.43. The fourth-order valence-corrected chi connectivity index (χ4v) is 2.56. The number of rotatable bonds is 5. The lowest BCUT2D eigenvalue weighted by molar-refractivity contribution is 0.409. The van der Waals surface area contributed by atoms with E-state index in [-0.39, 0.29) is 0 Å². The van der Waals surface area contributed by atoms with Crippen molar-refractivity contribution in [3.05, 3.63) is 0 Å². The molecule has 0 radical (unpaired) electrons. The van der Waals surface area contributed by atoms with Crippen molar-refractivity contribution in [1.82, 2.24) is 10.6 Å². The fraction of sp³-hybridized carbons (Fsp3) is 1.00. The van der Waals surface area contributed by atoms with Gasteiger partial charge in [-0.2, -0.15) is 11.8 Å². The number of nitrogens with one attached hydrogen (secondary N) is 2. The van der Waals surface area contributed by atoms with Crippen LogP contribution >= 0.6 is 11.8 Å².